The first kappa shape index (κ1) is 13.6. The molecule has 0 atom stereocenters. The molecular formula is C20H17O. The fourth-order valence-electron chi connectivity index (χ4n) is 2.61. The molecule has 0 bridgehead atoms. The third kappa shape index (κ3) is 2.88. The highest BCUT2D eigenvalue weighted by atomic mass is 16.3. The first-order valence-electron chi connectivity index (χ1n) is 7.08. The Kier molecular flexibility index (Phi) is 3.85. The average Bonchev–Trinajstić information content (AvgIpc) is 2.57. The molecule has 1 nitrogen and oxygen atoms in total. The topological polar surface area (TPSA) is 20.2 Å². The zero-order chi connectivity index (χ0) is 14.5. The first-order valence-corrected chi connectivity index (χ1v) is 7.08. The van der Waals surface area contributed by atoms with Crippen LogP contribution >= 0.6 is 0 Å². The van der Waals surface area contributed by atoms with E-state index in [1.54, 1.807) is 0 Å². The number of hydrogen-bond acceptors (Lipinski definition) is 1. The minimum atomic E-state index is -1.04. The molecule has 0 saturated heterocycles. The van der Waals surface area contributed by atoms with Crippen LogP contribution in [0.5, 0.6) is 0 Å². The Morgan fingerprint density at radius 1 is 0.714 bits per heavy atom. The molecule has 0 aliphatic carbocycles. The van der Waals surface area contributed by atoms with Crippen molar-refractivity contribution in [1.29, 1.82) is 0 Å². The number of benzene rings is 3. The van der Waals surface area contributed by atoms with Gasteiger partial charge in [-0.05, 0) is 22.8 Å². The van der Waals surface area contributed by atoms with E-state index in [4.69, 9.17) is 0 Å². The maximum atomic E-state index is 11.4. The monoisotopic (exact) mass is 273 g/mol. The van der Waals surface area contributed by atoms with E-state index in [9.17, 15) is 5.11 Å². The highest BCUT2D eigenvalue weighted by molar-refractivity contribution is 5.38. The van der Waals surface area contributed by atoms with Gasteiger partial charge in [-0.2, -0.15) is 0 Å². The summed E-state index contributed by atoms with van der Waals surface area (Å²) in [5.74, 6) is 0. The molecule has 0 unspecified atom stereocenters. The van der Waals surface area contributed by atoms with Gasteiger partial charge in [0.2, 0.25) is 0 Å². The maximum absolute atomic E-state index is 11.4. The zero-order valence-electron chi connectivity index (χ0n) is 11.7. The number of rotatable bonds is 4. The third-order valence-electron chi connectivity index (χ3n) is 3.72. The summed E-state index contributed by atoms with van der Waals surface area (Å²) in [6, 6.07) is 30.6. The van der Waals surface area contributed by atoms with Gasteiger partial charge in [-0.1, -0.05) is 84.9 Å². The lowest BCUT2D eigenvalue weighted by molar-refractivity contribution is 0.0811. The van der Waals surface area contributed by atoms with E-state index in [0.29, 0.717) is 6.42 Å². The molecule has 0 amide bonds. The summed E-state index contributed by atoms with van der Waals surface area (Å²) in [6.45, 7) is 0. The second-order valence-electron chi connectivity index (χ2n) is 5.16. The quantitative estimate of drug-likeness (QED) is 0.762. The van der Waals surface area contributed by atoms with E-state index < -0.39 is 5.60 Å². The van der Waals surface area contributed by atoms with E-state index in [1.165, 1.54) is 0 Å². The Bertz CT molecular complexity index is 635. The number of hydrogen-bond donors (Lipinski definition) is 1. The molecule has 0 heterocycles. The molecule has 3 rings (SSSR count). The molecule has 0 aromatic heterocycles. The molecule has 103 valence electrons. The maximum Gasteiger partial charge on any atom is 0.119 e. The highest BCUT2D eigenvalue weighted by Gasteiger charge is 2.31. The fourth-order valence-corrected chi connectivity index (χ4v) is 2.61. The molecule has 0 aliphatic rings. The Morgan fingerprint density at radius 2 is 1.24 bits per heavy atom. The minimum absolute atomic E-state index is 0.502. The zero-order valence-corrected chi connectivity index (χ0v) is 11.7. The van der Waals surface area contributed by atoms with E-state index >= 15 is 0 Å². The lowest BCUT2D eigenvalue weighted by Crippen LogP contribution is -2.30. The Morgan fingerprint density at radius 3 is 1.71 bits per heavy atom. The third-order valence-corrected chi connectivity index (χ3v) is 3.72. The predicted molar refractivity (Wildman–Crippen MR) is 84.9 cm³/mol. The van der Waals surface area contributed by atoms with Crippen molar-refractivity contribution in [2.75, 3.05) is 0 Å². The van der Waals surface area contributed by atoms with Crippen LogP contribution in [0.25, 0.3) is 0 Å². The fraction of sp³-hybridized carbons (Fsp3) is 0.100. The number of aliphatic hydroxyl groups is 1. The van der Waals surface area contributed by atoms with Gasteiger partial charge in [0.05, 0.1) is 0 Å². The second-order valence-corrected chi connectivity index (χ2v) is 5.16. The molecular weight excluding hydrogens is 256 g/mol. The van der Waals surface area contributed by atoms with Crippen LogP contribution in [0, 0.1) is 6.07 Å². The van der Waals surface area contributed by atoms with Crippen LogP contribution in [0.2, 0.25) is 0 Å². The normalized spacial score (nSPS) is 11.3. The van der Waals surface area contributed by atoms with Crippen LogP contribution in [0.3, 0.4) is 0 Å². The van der Waals surface area contributed by atoms with Crippen LogP contribution in [0.4, 0.5) is 0 Å². The van der Waals surface area contributed by atoms with E-state index in [0.717, 1.165) is 16.7 Å². The van der Waals surface area contributed by atoms with E-state index in [-0.39, 0.29) is 0 Å². The van der Waals surface area contributed by atoms with Crippen molar-refractivity contribution in [2.24, 2.45) is 0 Å². The molecule has 0 spiro atoms. The molecule has 1 N–H and O–H groups in total. The summed E-state index contributed by atoms with van der Waals surface area (Å²) >= 11 is 0. The van der Waals surface area contributed by atoms with Gasteiger partial charge in [-0.25, -0.2) is 0 Å². The Labute approximate surface area is 125 Å². The SMILES string of the molecule is OC(Cc1[c]cccc1)(c1ccccc1)c1ccccc1. The smallest absolute Gasteiger partial charge is 0.119 e. The molecule has 0 saturated carbocycles. The largest absolute Gasteiger partial charge is 0.380 e. The Hall–Kier alpha value is -2.38. The van der Waals surface area contributed by atoms with Crippen molar-refractivity contribution in [3.8, 4) is 0 Å². The van der Waals surface area contributed by atoms with Crippen LogP contribution in [0.1, 0.15) is 16.7 Å². The van der Waals surface area contributed by atoms with Crippen LogP contribution < -0.4 is 0 Å². The van der Waals surface area contributed by atoms with Gasteiger partial charge in [0.1, 0.15) is 5.60 Å². The van der Waals surface area contributed by atoms with Gasteiger partial charge in [-0.3, -0.25) is 0 Å². The van der Waals surface area contributed by atoms with Crippen molar-refractivity contribution in [3.05, 3.63) is 108 Å². The minimum Gasteiger partial charge on any atom is -0.380 e. The van der Waals surface area contributed by atoms with Crippen LogP contribution in [-0.4, -0.2) is 5.11 Å². The summed E-state index contributed by atoms with van der Waals surface area (Å²) < 4.78 is 0. The molecule has 1 radical (unpaired) electrons. The molecule has 0 aliphatic heterocycles. The Balaban J connectivity index is 2.07. The lowest BCUT2D eigenvalue weighted by Gasteiger charge is -2.29. The molecule has 0 fully saturated rings. The molecule has 21 heavy (non-hydrogen) atoms. The highest BCUT2D eigenvalue weighted by Crippen LogP contribution is 2.32. The standard InChI is InChI=1S/C20H17O/c21-20(18-12-6-2-7-13-18,19-14-8-3-9-15-19)16-17-10-4-1-5-11-17/h1-10,12-15,21H,16H2. The summed E-state index contributed by atoms with van der Waals surface area (Å²) in [5.41, 5.74) is 1.75. The second kappa shape index (κ2) is 5.94. The van der Waals surface area contributed by atoms with Gasteiger partial charge in [0.15, 0.2) is 0 Å². The van der Waals surface area contributed by atoms with E-state index in [2.05, 4.69) is 6.07 Å². The van der Waals surface area contributed by atoms with E-state index in [1.807, 2.05) is 84.9 Å². The summed E-state index contributed by atoms with van der Waals surface area (Å²) in [7, 11) is 0. The average molecular weight is 273 g/mol. The first-order chi connectivity index (χ1) is 10.3. The van der Waals surface area contributed by atoms with Gasteiger partial charge in [0, 0.05) is 6.42 Å². The summed E-state index contributed by atoms with van der Waals surface area (Å²) in [6.07, 6.45) is 0.502. The van der Waals surface area contributed by atoms with Crippen molar-refractivity contribution in [2.45, 2.75) is 12.0 Å². The molecule has 3 aromatic carbocycles. The summed E-state index contributed by atoms with van der Waals surface area (Å²) in [4.78, 5) is 0. The summed E-state index contributed by atoms with van der Waals surface area (Å²) in [5, 5.41) is 11.4. The molecule has 1 heteroatoms. The predicted octanol–water partition coefficient (Wildman–Crippen LogP) is 3.97. The molecule has 3 aromatic rings. The van der Waals surface area contributed by atoms with Gasteiger partial charge < -0.3 is 5.11 Å². The van der Waals surface area contributed by atoms with Crippen molar-refractivity contribution < 1.29 is 5.11 Å². The van der Waals surface area contributed by atoms with Crippen LogP contribution in [0.15, 0.2) is 84.9 Å². The van der Waals surface area contributed by atoms with Crippen molar-refractivity contribution in [3.63, 3.8) is 0 Å². The van der Waals surface area contributed by atoms with Gasteiger partial charge in [0.25, 0.3) is 0 Å². The van der Waals surface area contributed by atoms with Crippen molar-refractivity contribution in [1.82, 2.24) is 0 Å². The van der Waals surface area contributed by atoms with Gasteiger partial charge >= 0.3 is 0 Å². The lowest BCUT2D eigenvalue weighted by atomic mass is 9.81. The van der Waals surface area contributed by atoms with Crippen LogP contribution in [-0.2, 0) is 12.0 Å². The van der Waals surface area contributed by atoms with Gasteiger partial charge in [-0.15, -0.1) is 0 Å². The van der Waals surface area contributed by atoms with Crippen molar-refractivity contribution >= 4 is 0 Å².